The Bertz CT molecular complexity index is 345. The second kappa shape index (κ2) is 6.90. The molecule has 104 valence electrons. The third-order valence-electron chi connectivity index (χ3n) is 3.02. The van der Waals surface area contributed by atoms with Crippen molar-refractivity contribution in [2.45, 2.75) is 58.6 Å². The van der Waals surface area contributed by atoms with Crippen LogP contribution in [0, 0.1) is 0 Å². The highest BCUT2D eigenvalue weighted by molar-refractivity contribution is 5.03. The number of hydrogen-bond acceptors (Lipinski definition) is 3. The highest BCUT2D eigenvalue weighted by atomic mass is 16.3. The molecule has 1 heterocycles. The van der Waals surface area contributed by atoms with Crippen molar-refractivity contribution in [3.63, 3.8) is 0 Å². The lowest BCUT2D eigenvalue weighted by Gasteiger charge is -2.22. The molecule has 0 fully saturated rings. The normalized spacial score (nSPS) is 15.0. The molecule has 0 aliphatic heterocycles. The summed E-state index contributed by atoms with van der Waals surface area (Å²) >= 11 is 0. The van der Waals surface area contributed by atoms with Gasteiger partial charge in [-0.05, 0) is 52.8 Å². The Labute approximate surface area is 110 Å². The maximum atomic E-state index is 10.3. The Balaban J connectivity index is 2.43. The van der Waals surface area contributed by atoms with Gasteiger partial charge in [0.1, 0.15) is 0 Å². The Hall–Kier alpha value is -0.870. The number of aliphatic hydroxyl groups is 1. The smallest absolute Gasteiger partial charge is 0.0687 e. The number of hydrogen-bond donors (Lipinski definition) is 2. The van der Waals surface area contributed by atoms with Gasteiger partial charge >= 0.3 is 0 Å². The summed E-state index contributed by atoms with van der Waals surface area (Å²) in [5, 5.41) is 18.1. The Morgan fingerprint density at radius 2 is 2.17 bits per heavy atom. The van der Waals surface area contributed by atoms with Gasteiger partial charge in [-0.25, -0.2) is 0 Å². The summed E-state index contributed by atoms with van der Waals surface area (Å²) in [6.07, 6.45) is 4.47. The molecule has 0 saturated heterocycles. The molecule has 0 aliphatic rings. The van der Waals surface area contributed by atoms with Crippen LogP contribution in [0.5, 0.6) is 0 Å². The standard InChI is InChI=1S/C14H27N3O/c1-5-8-15-9-7-14(4,18)11-13-6-10-17(16-13)12(2)3/h6,10,12,15,18H,5,7-9,11H2,1-4H3. The second-order valence-corrected chi connectivity index (χ2v) is 5.55. The minimum Gasteiger partial charge on any atom is -0.390 e. The first-order valence-electron chi connectivity index (χ1n) is 6.92. The monoisotopic (exact) mass is 253 g/mol. The fourth-order valence-corrected chi connectivity index (χ4v) is 1.90. The third-order valence-corrected chi connectivity index (χ3v) is 3.02. The largest absolute Gasteiger partial charge is 0.390 e. The van der Waals surface area contributed by atoms with Crippen LogP contribution in [0.3, 0.4) is 0 Å². The molecule has 4 heteroatoms. The van der Waals surface area contributed by atoms with E-state index in [1.54, 1.807) is 0 Å². The average molecular weight is 253 g/mol. The van der Waals surface area contributed by atoms with Crippen LogP contribution in [0.2, 0.25) is 0 Å². The first kappa shape index (κ1) is 15.2. The summed E-state index contributed by atoms with van der Waals surface area (Å²) in [7, 11) is 0. The van der Waals surface area contributed by atoms with Crippen molar-refractivity contribution in [2.75, 3.05) is 13.1 Å². The van der Waals surface area contributed by atoms with Crippen molar-refractivity contribution in [3.05, 3.63) is 18.0 Å². The number of aromatic nitrogens is 2. The van der Waals surface area contributed by atoms with Crippen molar-refractivity contribution < 1.29 is 5.11 Å². The molecule has 0 aromatic carbocycles. The predicted molar refractivity (Wildman–Crippen MR) is 74.7 cm³/mol. The molecule has 0 bridgehead atoms. The minimum atomic E-state index is -0.684. The second-order valence-electron chi connectivity index (χ2n) is 5.55. The molecule has 1 atom stereocenters. The molecule has 0 radical (unpaired) electrons. The Morgan fingerprint density at radius 3 is 2.72 bits per heavy atom. The lowest BCUT2D eigenvalue weighted by atomic mass is 9.96. The summed E-state index contributed by atoms with van der Waals surface area (Å²) in [5.74, 6) is 0. The summed E-state index contributed by atoms with van der Waals surface area (Å²) in [6, 6.07) is 2.36. The highest BCUT2D eigenvalue weighted by Crippen LogP contribution is 2.16. The van der Waals surface area contributed by atoms with Crippen LogP contribution in [0.15, 0.2) is 12.3 Å². The van der Waals surface area contributed by atoms with E-state index in [4.69, 9.17) is 0 Å². The van der Waals surface area contributed by atoms with Gasteiger partial charge < -0.3 is 10.4 Å². The van der Waals surface area contributed by atoms with Gasteiger partial charge in [0.15, 0.2) is 0 Å². The van der Waals surface area contributed by atoms with Crippen molar-refractivity contribution in [1.29, 1.82) is 0 Å². The summed E-state index contributed by atoms with van der Waals surface area (Å²) in [4.78, 5) is 0. The molecule has 0 amide bonds. The predicted octanol–water partition coefficient (Wildman–Crippen LogP) is 2.15. The van der Waals surface area contributed by atoms with Gasteiger partial charge in [-0.15, -0.1) is 0 Å². The van der Waals surface area contributed by atoms with Crippen molar-refractivity contribution >= 4 is 0 Å². The van der Waals surface area contributed by atoms with E-state index in [0.717, 1.165) is 31.6 Å². The molecule has 1 rings (SSSR count). The van der Waals surface area contributed by atoms with Crippen LogP contribution in [0.25, 0.3) is 0 Å². The van der Waals surface area contributed by atoms with Gasteiger partial charge in [0.2, 0.25) is 0 Å². The molecular formula is C14H27N3O. The lowest BCUT2D eigenvalue weighted by molar-refractivity contribution is 0.0504. The fourth-order valence-electron chi connectivity index (χ4n) is 1.90. The average Bonchev–Trinajstić information content (AvgIpc) is 2.72. The lowest BCUT2D eigenvalue weighted by Crippen LogP contribution is -2.32. The fraction of sp³-hybridized carbons (Fsp3) is 0.786. The van der Waals surface area contributed by atoms with Gasteiger partial charge in [0.25, 0.3) is 0 Å². The molecule has 2 N–H and O–H groups in total. The van der Waals surface area contributed by atoms with Gasteiger partial charge in [0.05, 0.1) is 11.3 Å². The van der Waals surface area contributed by atoms with Crippen LogP contribution in [-0.4, -0.2) is 33.6 Å². The zero-order valence-electron chi connectivity index (χ0n) is 12.1. The quantitative estimate of drug-likeness (QED) is 0.698. The molecule has 4 nitrogen and oxygen atoms in total. The van der Waals surface area contributed by atoms with Crippen molar-refractivity contribution in [3.8, 4) is 0 Å². The minimum absolute atomic E-state index is 0.370. The van der Waals surface area contributed by atoms with E-state index < -0.39 is 5.60 Å². The van der Waals surface area contributed by atoms with Crippen LogP contribution >= 0.6 is 0 Å². The van der Waals surface area contributed by atoms with E-state index in [-0.39, 0.29) is 0 Å². The SMILES string of the molecule is CCCNCCC(C)(O)Cc1ccn(C(C)C)n1. The number of nitrogens with zero attached hydrogens (tertiary/aromatic N) is 2. The van der Waals surface area contributed by atoms with Crippen LogP contribution in [0.1, 0.15) is 52.3 Å². The molecule has 0 spiro atoms. The van der Waals surface area contributed by atoms with E-state index >= 15 is 0 Å². The van der Waals surface area contributed by atoms with Crippen LogP contribution < -0.4 is 5.32 Å². The van der Waals surface area contributed by atoms with Gasteiger partial charge in [-0.3, -0.25) is 4.68 Å². The topological polar surface area (TPSA) is 50.1 Å². The molecule has 0 aliphatic carbocycles. The van der Waals surface area contributed by atoms with Crippen molar-refractivity contribution in [1.82, 2.24) is 15.1 Å². The van der Waals surface area contributed by atoms with E-state index in [1.807, 2.05) is 23.9 Å². The molecule has 0 saturated carbocycles. The number of rotatable bonds is 8. The highest BCUT2D eigenvalue weighted by Gasteiger charge is 2.21. The molecule has 18 heavy (non-hydrogen) atoms. The zero-order chi connectivity index (χ0) is 13.6. The Kier molecular flexibility index (Phi) is 5.82. The van der Waals surface area contributed by atoms with Gasteiger partial charge in [-0.2, -0.15) is 5.10 Å². The van der Waals surface area contributed by atoms with E-state index in [1.165, 1.54) is 0 Å². The maximum Gasteiger partial charge on any atom is 0.0687 e. The first-order chi connectivity index (χ1) is 8.44. The van der Waals surface area contributed by atoms with E-state index in [0.29, 0.717) is 12.5 Å². The Morgan fingerprint density at radius 1 is 1.44 bits per heavy atom. The third kappa shape index (κ3) is 5.19. The molecule has 1 unspecified atom stereocenters. The van der Waals surface area contributed by atoms with E-state index in [9.17, 15) is 5.11 Å². The first-order valence-corrected chi connectivity index (χ1v) is 6.92. The van der Waals surface area contributed by atoms with Crippen LogP contribution in [0.4, 0.5) is 0 Å². The summed E-state index contributed by atoms with van der Waals surface area (Å²) in [6.45, 7) is 10.1. The molecule has 1 aromatic rings. The van der Waals surface area contributed by atoms with Gasteiger partial charge in [-0.1, -0.05) is 6.92 Å². The van der Waals surface area contributed by atoms with Crippen molar-refractivity contribution in [2.24, 2.45) is 0 Å². The summed E-state index contributed by atoms with van der Waals surface area (Å²) in [5.41, 5.74) is 0.279. The van der Waals surface area contributed by atoms with Crippen LogP contribution in [-0.2, 0) is 6.42 Å². The molecular weight excluding hydrogens is 226 g/mol. The number of nitrogens with one attached hydrogen (secondary N) is 1. The maximum absolute atomic E-state index is 10.3. The molecule has 1 aromatic heterocycles. The van der Waals surface area contributed by atoms with Gasteiger partial charge in [0, 0.05) is 18.7 Å². The zero-order valence-corrected chi connectivity index (χ0v) is 12.1. The van der Waals surface area contributed by atoms with E-state index in [2.05, 4.69) is 31.2 Å². The summed E-state index contributed by atoms with van der Waals surface area (Å²) < 4.78 is 1.93.